The van der Waals surface area contributed by atoms with Crippen molar-refractivity contribution in [1.82, 2.24) is 0 Å². The van der Waals surface area contributed by atoms with E-state index in [0.717, 1.165) is 59.4 Å². The molecule has 0 amide bonds. The molecule has 3 fully saturated rings. The average Bonchev–Trinajstić information content (AvgIpc) is 3.34. The van der Waals surface area contributed by atoms with Crippen LogP contribution in [-0.4, -0.2) is 42.7 Å². The molecule has 0 unspecified atom stereocenters. The Hall–Kier alpha value is -6.04. The predicted molar refractivity (Wildman–Crippen MR) is 252 cm³/mol. The van der Waals surface area contributed by atoms with Crippen molar-refractivity contribution < 1.29 is 38.1 Å². The summed E-state index contributed by atoms with van der Waals surface area (Å²) in [5, 5.41) is 0. The summed E-state index contributed by atoms with van der Waals surface area (Å²) in [5.41, 5.74) is 3.05. The van der Waals surface area contributed by atoms with Crippen molar-refractivity contribution in [2.75, 3.05) is 13.2 Å². The lowest BCUT2D eigenvalue weighted by Gasteiger charge is -2.41. The molecule has 0 N–H and O–H groups in total. The van der Waals surface area contributed by atoms with Gasteiger partial charge in [-0.05, 0) is 187 Å². The first-order chi connectivity index (χ1) is 31.7. The van der Waals surface area contributed by atoms with Gasteiger partial charge in [-0.1, -0.05) is 62.9 Å². The standard InChI is InChI=1S/C57H64O8/c1-4-10-42-12-14-44(15-13-42)16-17-45-18-20-46(21-19-45)34-37-57(38-35-48(36-39-57)47-24-22-43(11-5-2)23-25-47)65-56(61)51-30-32-52(33-31-51)64-55(60)50-28-26-49(27-29-50)54(59)63-41-9-7-8-40-62-53(58)6-3/h6,12-15,18-21,30-33,43,47-50H,3,5,7-9,11,22-29,35-36,38-41H2,1-2H3. The van der Waals surface area contributed by atoms with E-state index in [0.29, 0.717) is 81.8 Å². The highest BCUT2D eigenvalue weighted by molar-refractivity contribution is 5.90. The van der Waals surface area contributed by atoms with Crippen LogP contribution in [0.4, 0.5) is 0 Å². The molecule has 0 spiro atoms. The molecule has 0 heterocycles. The van der Waals surface area contributed by atoms with Crippen molar-refractivity contribution in [3.8, 4) is 41.3 Å². The zero-order valence-electron chi connectivity index (χ0n) is 38.3. The Balaban J connectivity index is 1.02. The van der Waals surface area contributed by atoms with Gasteiger partial charge in [0.2, 0.25) is 0 Å². The molecule has 8 heteroatoms. The molecule has 8 nitrogen and oxygen atoms in total. The third-order valence-electron chi connectivity index (χ3n) is 13.4. The molecular weight excluding hydrogens is 813 g/mol. The van der Waals surface area contributed by atoms with Gasteiger partial charge in [0.1, 0.15) is 5.75 Å². The minimum Gasteiger partial charge on any atom is -0.465 e. The van der Waals surface area contributed by atoms with Gasteiger partial charge < -0.3 is 18.9 Å². The number of carbonyl (C=O) groups excluding carboxylic acids is 4. The van der Waals surface area contributed by atoms with Crippen molar-refractivity contribution >= 4 is 23.9 Å². The highest BCUT2D eigenvalue weighted by Crippen LogP contribution is 2.44. The van der Waals surface area contributed by atoms with E-state index in [9.17, 15) is 19.2 Å². The molecule has 0 saturated heterocycles. The van der Waals surface area contributed by atoms with Crippen LogP contribution in [0.3, 0.4) is 0 Å². The highest BCUT2D eigenvalue weighted by atomic mass is 16.6. The average molecular weight is 877 g/mol. The second-order valence-electron chi connectivity index (χ2n) is 17.9. The Morgan fingerprint density at radius 2 is 1.15 bits per heavy atom. The highest BCUT2D eigenvalue weighted by Gasteiger charge is 2.41. The monoisotopic (exact) mass is 876 g/mol. The fourth-order valence-corrected chi connectivity index (χ4v) is 9.50. The van der Waals surface area contributed by atoms with Crippen molar-refractivity contribution in [3.05, 3.63) is 113 Å². The molecular formula is C57H64O8. The number of unbranched alkanes of at least 4 members (excludes halogenated alkanes) is 2. The molecule has 6 rings (SSSR count). The predicted octanol–water partition coefficient (Wildman–Crippen LogP) is 11.4. The van der Waals surface area contributed by atoms with Gasteiger partial charge in [-0.2, -0.15) is 0 Å². The van der Waals surface area contributed by atoms with Crippen LogP contribution < -0.4 is 4.74 Å². The fraction of sp³-hybridized carbons (Fsp3) is 0.474. The molecule has 0 radical (unpaired) electrons. The summed E-state index contributed by atoms with van der Waals surface area (Å²) in [6.45, 7) is 8.10. The van der Waals surface area contributed by atoms with Crippen LogP contribution in [0.1, 0.15) is 156 Å². The Labute approximate surface area is 386 Å². The van der Waals surface area contributed by atoms with E-state index in [1.54, 1.807) is 24.3 Å². The molecule has 0 bridgehead atoms. The summed E-state index contributed by atoms with van der Waals surface area (Å²) >= 11 is 0. The molecule has 0 atom stereocenters. The lowest BCUT2D eigenvalue weighted by atomic mass is 9.67. The van der Waals surface area contributed by atoms with E-state index in [1.807, 2.05) is 55.5 Å². The van der Waals surface area contributed by atoms with E-state index in [1.165, 1.54) is 38.5 Å². The van der Waals surface area contributed by atoms with E-state index >= 15 is 0 Å². The summed E-state index contributed by atoms with van der Waals surface area (Å²) in [6, 6.07) is 22.3. The molecule has 3 aliphatic rings. The van der Waals surface area contributed by atoms with Gasteiger partial charge in [0.25, 0.3) is 0 Å². The van der Waals surface area contributed by atoms with Gasteiger partial charge in [0.05, 0.1) is 30.6 Å². The number of hydrogen-bond donors (Lipinski definition) is 0. The Kier molecular flexibility index (Phi) is 18.5. The summed E-state index contributed by atoms with van der Waals surface area (Å²) in [7, 11) is 0. The van der Waals surface area contributed by atoms with Crippen molar-refractivity contribution in [2.24, 2.45) is 29.6 Å². The topological polar surface area (TPSA) is 105 Å². The second kappa shape index (κ2) is 24.9. The van der Waals surface area contributed by atoms with Gasteiger partial charge in [-0.15, -0.1) is 5.92 Å². The summed E-state index contributed by atoms with van der Waals surface area (Å²) in [4.78, 5) is 50.8. The smallest absolute Gasteiger partial charge is 0.339 e. The number of carbonyl (C=O) groups is 4. The van der Waals surface area contributed by atoms with E-state index < -0.39 is 17.5 Å². The molecule has 0 aromatic heterocycles. The first kappa shape index (κ1) is 48.4. The van der Waals surface area contributed by atoms with Crippen LogP contribution in [-0.2, 0) is 28.6 Å². The maximum absolute atomic E-state index is 13.8. The molecule has 3 saturated carbocycles. The number of esters is 4. The van der Waals surface area contributed by atoms with Gasteiger partial charge in [0.15, 0.2) is 5.60 Å². The zero-order valence-corrected chi connectivity index (χ0v) is 38.3. The Morgan fingerprint density at radius 3 is 1.71 bits per heavy atom. The molecule has 340 valence electrons. The third kappa shape index (κ3) is 15.0. The molecule has 3 aromatic carbocycles. The van der Waals surface area contributed by atoms with Gasteiger partial charge in [0, 0.05) is 28.3 Å². The van der Waals surface area contributed by atoms with E-state index in [2.05, 4.69) is 49.0 Å². The minimum atomic E-state index is -0.917. The summed E-state index contributed by atoms with van der Waals surface area (Å²) < 4.78 is 22.6. The van der Waals surface area contributed by atoms with Gasteiger partial charge >= 0.3 is 23.9 Å². The van der Waals surface area contributed by atoms with E-state index in [4.69, 9.17) is 18.9 Å². The van der Waals surface area contributed by atoms with Crippen LogP contribution in [0, 0.1) is 65.1 Å². The van der Waals surface area contributed by atoms with Gasteiger partial charge in [-0.3, -0.25) is 9.59 Å². The minimum absolute atomic E-state index is 0.236. The number of benzene rings is 3. The number of ether oxygens (including phenoxy) is 4. The number of rotatable bonds is 15. The fourth-order valence-electron chi connectivity index (χ4n) is 9.50. The number of hydrogen-bond acceptors (Lipinski definition) is 8. The largest absolute Gasteiger partial charge is 0.465 e. The second-order valence-corrected chi connectivity index (χ2v) is 17.9. The maximum atomic E-state index is 13.8. The van der Waals surface area contributed by atoms with Crippen LogP contribution in [0.5, 0.6) is 5.75 Å². The third-order valence-corrected chi connectivity index (χ3v) is 13.4. The van der Waals surface area contributed by atoms with Crippen LogP contribution >= 0.6 is 0 Å². The molecule has 3 aliphatic carbocycles. The summed E-state index contributed by atoms with van der Waals surface area (Å²) in [5.74, 6) is 19.7. The van der Waals surface area contributed by atoms with Crippen molar-refractivity contribution in [1.29, 1.82) is 0 Å². The van der Waals surface area contributed by atoms with Crippen LogP contribution in [0.25, 0.3) is 0 Å². The SMILES string of the molecule is C=CC(=O)OCCCCCOC(=O)C1CCC(C(=O)Oc2ccc(C(=O)OC3(C#Cc4ccc(C#Cc5ccc(C#CC)cc5)cc4)CCC(C4CCC(CCC)CC4)CC3)cc2)CC1. The first-order valence-corrected chi connectivity index (χ1v) is 23.8. The molecule has 3 aromatic rings. The first-order valence-electron chi connectivity index (χ1n) is 23.8. The Bertz CT molecular complexity index is 2250. The zero-order chi connectivity index (χ0) is 45.9. The maximum Gasteiger partial charge on any atom is 0.339 e. The van der Waals surface area contributed by atoms with Gasteiger partial charge in [-0.25, -0.2) is 9.59 Å². The van der Waals surface area contributed by atoms with E-state index in [-0.39, 0.29) is 23.8 Å². The summed E-state index contributed by atoms with van der Waals surface area (Å²) in [6.07, 6.45) is 16.6. The van der Waals surface area contributed by atoms with Crippen molar-refractivity contribution in [2.45, 2.75) is 129 Å². The molecule has 0 aliphatic heterocycles. The van der Waals surface area contributed by atoms with Crippen LogP contribution in [0.15, 0.2) is 85.5 Å². The quantitative estimate of drug-likeness (QED) is 0.0371. The van der Waals surface area contributed by atoms with Crippen molar-refractivity contribution in [3.63, 3.8) is 0 Å². The Morgan fingerprint density at radius 1 is 0.631 bits per heavy atom. The lowest BCUT2D eigenvalue weighted by Crippen LogP contribution is -2.39. The normalized spacial score (nSPS) is 22.5. The molecule has 65 heavy (non-hydrogen) atoms. The lowest BCUT2D eigenvalue weighted by molar-refractivity contribution is -0.152. The van der Waals surface area contributed by atoms with Crippen LogP contribution in [0.2, 0.25) is 0 Å².